The first kappa shape index (κ1) is 17.6. The Morgan fingerprint density at radius 2 is 2.15 bits per heavy atom. The summed E-state index contributed by atoms with van der Waals surface area (Å²) in [6.07, 6.45) is 2.95. The van der Waals surface area contributed by atoms with Crippen LogP contribution in [0.3, 0.4) is 0 Å². The van der Waals surface area contributed by atoms with E-state index in [1.807, 2.05) is 0 Å². The highest BCUT2D eigenvalue weighted by Crippen LogP contribution is 2.21. The third kappa shape index (κ3) is 6.33. The van der Waals surface area contributed by atoms with Crippen molar-refractivity contribution in [1.29, 1.82) is 0 Å². The van der Waals surface area contributed by atoms with Crippen LogP contribution in [0, 0.1) is 11.7 Å². The van der Waals surface area contributed by atoms with Crippen molar-refractivity contribution in [1.82, 2.24) is 5.32 Å². The summed E-state index contributed by atoms with van der Waals surface area (Å²) in [7, 11) is 1.73. The Bertz CT molecular complexity index is 400. The number of methoxy groups -OCH3 is 1. The van der Waals surface area contributed by atoms with E-state index in [-0.39, 0.29) is 5.82 Å². The molecule has 0 bridgehead atoms. The van der Waals surface area contributed by atoms with E-state index in [4.69, 9.17) is 4.74 Å². The lowest BCUT2D eigenvalue weighted by Crippen LogP contribution is -2.34. The third-order valence-corrected chi connectivity index (χ3v) is 4.07. The zero-order valence-corrected chi connectivity index (χ0v) is 14.2. The molecule has 0 saturated heterocycles. The number of rotatable bonds is 9. The lowest BCUT2D eigenvalue weighted by molar-refractivity contribution is 0.149. The molecule has 114 valence electrons. The molecule has 4 heteroatoms. The van der Waals surface area contributed by atoms with Gasteiger partial charge in [-0.15, -0.1) is 0 Å². The van der Waals surface area contributed by atoms with Crippen LogP contribution in [0.25, 0.3) is 0 Å². The fraction of sp³-hybridized carbons (Fsp3) is 0.625. The standard InChI is InChI=1S/C16H25BrFNO/c1-4-7-19-15(8-12(2)11-20-3)10-13-9-14(18)5-6-16(13)17/h5-6,9,12,15,19H,4,7-8,10-11H2,1-3H3. The summed E-state index contributed by atoms with van der Waals surface area (Å²) in [6, 6.07) is 5.22. The minimum Gasteiger partial charge on any atom is -0.384 e. The van der Waals surface area contributed by atoms with Gasteiger partial charge in [0.25, 0.3) is 0 Å². The molecule has 0 spiro atoms. The van der Waals surface area contributed by atoms with Crippen molar-refractivity contribution in [2.24, 2.45) is 5.92 Å². The van der Waals surface area contributed by atoms with Crippen LogP contribution in [0.4, 0.5) is 4.39 Å². The molecular weight excluding hydrogens is 321 g/mol. The van der Waals surface area contributed by atoms with E-state index in [2.05, 4.69) is 35.1 Å². The monoisotopic (exact) mass is 345 g/mol. The second-order valence-corrected chi connectivity index (χ2v) is 6.24. The van der Waals surface area contributed by atoms with Gasteiger partial charge in [-0.3, -0.25) is 0 Å². The number of ether oxygens (including phenoxy) is 1. The van der Waals surface area contributed by atoms with Crippen molar-refractivity contribution in [3.8, 4) is 0 Å². The molecule has 1 rings (SSSR count). The zero-order chi connectivity index (χ0) is 15.0. The molecule has 2 nitrogen and oxygen atoms in total. The Hall–Kier alpha value is -0.450. The molecule has 1 N–H and O–H groups in total. The largest absolute Gasteiger partial charge is 0.384 e. The van der Waals surface area contributed by atoms with Crippen LogP contribution in [-0.2, 0) is 11.2 Å². The molecule has 0 aliphatic rings. The van der Waals surface area contributed by atoms with E-state index in [0.717, 1.165) is 42.5 Å². The Morgan fingerprint density at radius 1 is 1.40 bits per heavy atom. The lowest BCUT2D eigenvalue weighted by atomic mass is 9.96. The molecule has 2 atom stereocenters. The van der Waals surface area contributed by atoms with Gasteiger partial charge in [0.1, 0.15) is 5.82 Å². The quantitative estimate of drug-likeness (QED) is 0.725. The third-order valence-electron chi connectivity index (χ3n) is 3.30. The van der Waals surface area contributed by atoms with Gasteiger partial charge >= 0.3 is 0 Å². The highest BCUT2D eigenvalue weighted by atomic mass is 79.9. The lowest BCUT2D eigenvalue weighted by Gasteiger charge is -2.22. The Labute approximate surface area is 130 Å². The van der Waals surface area contributed by atoms with E-state index < -0.39 is 0 Å². The molecule has 0 saturated carbocycles. The maximum atomic E-state index is 13.4. The van der Waals surface area contributed by atoms with Crippen LogP contribution < -0.4 is 5.32 Å². The van der Waals surface area contributed by atoms with Crippen LogP contribution in [0.1, 0.15) is 32.3 Å². The van der Waals surface area contributed by atoms with Crippen LogP contribution in [-0.4, -0.2) is 26.3 Å². The van der Waals surface area contributed by atoms with Crippen molar-refractivity contribution in [3.05, 3.63) is 34.1 Å². The highest BCUT2D eigenvalue weighted by molar-refractivity contribution is 9.10. The van der Waals surface area contributed by atoms with Crippen LogP contribution in [0.5, 0.6) is 0 Å². The predicted molar refractivity (Wildman–Crippen MR) is 85.5 cm³/mol. The molecule has 0 aromatic heterocycles. The first-order valence-corrected chi connectivity index (χ1v) is 8.02. The second-order valence-electron chi connectivity index (χ2n) is 5.39. The summed E-state index contributed by atoms with van der Waals surface area (Å²) in [5, 5.41) is 3.56. The SMILES string of the molecule is CCCNC(Cc1cc(F)ccc1Br)CC(C)COC. The molecule has 0 aliphatic heterocycles. The maximum Gasteiger partial charge on any atom is 0.123 e. The van der Waals surface area contributed by atoms with E-state index in [1.54, 1.807) is 19.2 Å². The first-order chi connectivity index (χ1) is 9.56. The van der Waals surface area contributed by atoms with Crippen LogP contribution >= 0.6 is 15.9 Å². The van der Waals surface area contributed by atoms with Crippen molar-refractivity contribution in [2.75, 3.05) is 20.3 Å². The molecule has 0 aliphatic carbocycles. The molecule has 2 unspecified atom stereocenters. The molecule has 0 heterocycles. The van der Waals surface area contributed by atoms with Gasteiger partial charge in [-0.2, -0.15) is 0 Å². The normalized spacial score (nSPS) is 14.2. The smallest absolute Gasteiger partial charge is 0.123 e. The Morgan fingerprint density at radius 3 is 2.80 bits per heavy atom. The van der Waals surface area contributed by atoms with Gasteiger partial charge in [-0.1, -0.05) is 29.8 Å². The zero-order valence-electron chi connectivity index (χ0n) is 12.6. The van der Waals surface area contributed by atoms with E-state index in [0.29, 0.717) is 12.0 Å². The molecule has 0 radical (unpaired) electrons. The highest BCUT2D eigenvalue weighted by Gasteiger charge is 2.15. The van der Waals surface area contributed by atoms with E-state index in [9.17, 15) is 4.39 Å². The number of nitrogens with one attached hydrogen (secondary N) is 1. The molecule has 1 aromatic rings. The van der Waals surface area contributed by atoms with Crippen molar-refractivity contribution >= 4 is 15.9 Å². The van der Waals surface area contributed by atoms with E-state index in [1.165, 1.54) is 6.07 Å². The topological polar surface area (TPSA) is 21.3 Å². The molecule has 0 fully saturated rings. The van der Waals surface area contributed by atoms with Gasteiger partial charge in [0, 0.05) is 24.2 Å². The molecule has 1 aromatic carbocycles. The number of benzene rings is 1. The Balaban J connectivity index is 2.69. The molecular formula is C16H25BrFNO. The predicted octanol–water partition coefficient (Wildman–Crippen LogP) is 4.17. The van der Waals surface area contributed by atoms with Crippen molar-refractivity contribution < 1.29 is 9.13 Å². The van der Waals surface area contributed by atoms with Crippen LogP contribution in [0.2, 0.25) is 0 Å². The average Bonchev–Trinajstić information content (AvgIpc) is 2.40. The van der Waals surface area contributed by atoms with Gasteiger partial charge in [0.15, 0.2) is 0 Å². The summed E-state index contributed by atoms with van der Waals surface area (Å²) >= 11 is 3.50. The fourth-order valence-electron chi connectivity index (χ4n) is 2.39. The molecule has 20 heavy (non-hydrogen) atoms. The van der Waals surface area contributed by atoms with Gasteiger partial charge in [0.2, 0.25) is 0 Å². The number of hydrogen-bond acceptors (Lipinski definition) is 2. The maximum absolute atomic E-state index is 13.4. The number of halogens is 2. The number of hydrogen-bond donors (Lipinski definition) is 1. The van der Waals surface area contributed by atoms with Crippen LogP contribution in [0.15, 0.2) is 22.7 Å². The van der Waals surface area contributed by atoms with Gasteiger partial charge < -0.3 is 10.1 Å². The van der Waals surface area contributed by atoms with Crippen molar-refractivity contribution in [3.63, 3.8) is 0 Å². The average molecular weight is 346 g/mol. The second kappa shape index (κ2) is 9.48. The van der Waals surface area contributed by atoms with Crippen molar-refractivity contribution in [2.45, 2.75) is 39.2 Å². The summed E-state index contributed by atoms with van der Waals surface area (Å²) in [4.78, 5) is 0. The minimum absolute atomic E-state index is 0.178. The summed E-state index contributed by atoms with van der Waals surface area (Å²) < 4.78 is 19.6. The Kier molecular flexibility index (Phi) is 8.34. The minimum atomic E-state index is -0.178. The van der Waals surface area contributed by atoms with Gasteiger partial charge in [0.05, 0.1) is 0 Å². The summed E-state index contributed by atoms with van der Waals surface area (Å²) in [6.45, 7) is 6.08. The fourth-order valence-corrected chi connectivity index (χ4v) is 2.80. The van der Waals surface area contributed by atoms with Gasteiger partial charge in [-0.05, 0) is 55.5 Å². The molecule has 0 amide bonds. The first-order valence-electron chi connectivity index (χ1n) is 7.23. The van der Waals surface area contributed by atoms with Gasteiger partial charge in [-0.25, -0.2) is 4.39 Å². The van der Waals surface area contributed by atoms with E-state index >= 15 is 0 Å². The summed E-state index contributed by atoms with van der Waals surface area (Å²) in [5.41, 5.74) is 1.02. The summed E-state index contributed by atoms with van der Waals surface area (Å²) in [5.74, 6) is 0.309.